The van der Waals surface area contributed by atoms with Crippen molar-refractivity contribution in [3.05, 3.63) is 69.5 Å². The molecule has 4 rings (SSSR count). The van der Waals surface area contributed by atoms with E-state index >= 15 is 0 Å². The Morgan fingerprint density at radius 2 is 1.87 bits per heavy atom. The number of amides is 2. The minimum atomic E-state index is -0.419. The van der Waals surface area contributed by atoms with Gasteiger partial charge in [-0.1, -0.05) is 30.7 Å². The quantitative estimate of drug-likeness (QED) is 0.697. The molecule has 3 aromatic rings. The van der Waals surface area contributed by atoms with Crippen molar-refractivity contribution >= 4 is 34.1 Å². The molecular weight excluding hydrogens is 378 g/mol. The first-order valence-corrected chi connectivity index (χ1v) is 10.2. The number of aryl methyl sites for hydroxylation is 2. The second kappa shape index (κ2) is 7.78. The summed E-state index contributed by atoms with van der Waals surface area (Å²) >= 11 is 0. The SMILES string of the molecule is CCc1c(C)c2ccc(NC(=O)C3CC(=O)N(c4ccc(C)cc4)C3)cc2[nH]c1=O. The zero-order chi connectivity index (χ0) is 21.4. The highest BCUT2D eigenvalue weighted by Gasteiger charge is 2.35. The van der Waals surface area contributed by atoms with Crippen LogP contribution >= 0.6 is 0 Å². The first-order valence-electron chi connectivity index (χ1n) is 10.2. The number of benzene rings is 2. The minimum Gasteiger partial charge on any atom is -0.326 e. The van der Waals surface area contributed by atoms with E-state index < -0.39 is 5.92 Å². The van der Waals surface area contributed by atoms with Gasteiger partial charge in [0.1, 0.15) is 0 Å². The summed E-state index contributed by atoms with van der Waals surface area (Å²) in [7, 11) is 0. The van der Waals surface area contributed by atoms with Gasteiger partial charge < -0.3 is 15.2 Å². The van der Waals surface area contributed by atoms with Crippen LogP contribution in [0.4, 0.5) is 11.4 Å². The highest BCUT2D eigenvalue weighted by atomic mass is 16.2. The maximum atomic E-state index is 12.8. The van der Waals surface area contributed by atoms with E-state index in [9.17, 15) is 14.4 Å². The molecule has 154 valence electrons. The van der Waals surface area contributed by atoms with Crippen molar-refractivity contribution in [2.24, 2.45) is 5.92 Å². The molecule has 1 atom stereocenters. The van der Waals surface area contributed by atoms with Gasteiger partial charge in [-0.25, -0.2) is 0 Å². The monoisotopic (exact) mass is 403 g/mol. The number of nitrogens with zero attached hydrogens (tertiary/aromatic N) is 1. The highest BCUT2D eigenvalue weighted by molar-refractivity contribution is 6.04. The third-order valence-corrected chi connectivity index (χ3v) is 5.86. The normalized spacial score (nSPS) is 16.3. The molecule has 1 aliphatic rings. The van der Waals surface area contributed by atoms with Crippen LogP contribution in [0.15, 0.2) is 47.3 Å². The topological polar surface area (TPSA) is 82.3 Å². The Morgan fingerprint density at radius 1 is 1.13 bits per heavy atom. The van der Waals surface area contributed by atoms with Crippen LogP contribution in [0.3, 0.4) is 0 Å². The van der Waals surface area contributed by atoms with Gasteiger partial charge in [-0.2, -0.15) is 0 Å². The molecule has 1 fully saturated rings. The van der Waals surface area contributed by atoms with E-state index in [1.807, 2.05) is 57.2 Å². The summed E-state index contributed by atoms with van der Waals surface area (Å²) in [5, 5.41) is 3.87. The van der Waals surface area contributed by atoms with E-state index in [1.54, 1.807) is 11.0 Å². The van der Waals surface area contributed by atoms with Crippen molar-refractivity contribution in [1.82, 2.24) is 4.98 Å². The zero-order valence-corrected chi connectivity index (χ0v) is 17.4. The lowest BCUT2D eigenvalue weighted by molar-refractivity contribution is -0.122. The number of H-pyrrole nitrogens is 1. The van der Waals surface area contributed by atoms with Crippen LogP contribution in [0.5, 0.6) is 0 Å². The van der Waals surface area contributed by atoms with Crippen LogP contribution in [0, 0.1) is 19.8 Å². The molecule has 0 saturated carbocycles. The summed E-state index contributed by atoms with van der Waals surface area (Å²) in [6, 6.07) is 13.2. The molecule has 1 saturated heterocycles. The molecule has 0 bridgehead atoms. The first kappa shape index (κ1) is 19.9. The molecular formula is C24H25N3O3. The summed E-state index contributed by atoms with van der Waals surface area (Å²) in [4.78, 5) is 42.1. The number of aromatic nitrogens is 1. The lowest BCUT2D eigenvalue weighted by Gasteiger charge is -2.17. The average molecular weight is 403 g/mol. The van der Waals surface area contributed by atoms with Gasteiger partial charge in [0.25, 0.3) is 5.56 Å². The molecule has 2 N–H and O–H groups in total. The van der Waals surface area contributed by atoms with Crippen molar-refractivity contribution in [2.45, 2.75) is 33.6 Å². The van der Waals surface area contributed by atoms with E-state index in [-0.39, 0.29) is 23.8 Å². The minimum absolute atomic E-state index is 0.0513. The largest absolute Gasteiger partial charge is 0.326 e. The molecule has 0 spiro atoms. The third kappa shape index (κ3) is 3.61. The van der Waals surface area contributed by atoms with Crippen LogP contribution in [-0.2, 0) is 16.0 Å². The van der Waals surface area contributed by atoms with Gasteiger partial charge in [0.2, 0.25) is 11.8 Å². The molecule has 2 aromatic carbocycles. The van der Waals surface area contributed by atoms with Crippen LogP contribution < -0.4 is 15.8 Å². The Morgan fingerprint density at radius 3 is 2.57 bits per heavy atom. The maximum absolute atomic E-state index is 12.8. The van der Waals surface area contributed by atoms with E-state index in [2.05, 4.69) is 10.3 Å². The van der Waals surface area contributed by atoms with Crippen LogP contribution in [0.2, 0.25) is 0 Å². The number of hydrogen-bond donors (Lipinski definition) is 2. The van der Waals surface area contributed by atoms with Gasteiger partial charge in [-0.3, -0.25) is 14.4 Å². The summed E-state index contributed by atoms with van der Waals surface area (Å²) in [6.07, 6.45) is 0.853. The van der Waals surface area contributed by atoms with Crippen molar-refractivity contribution in [2.75, 3.05) is 16.8 Å². The van der Waals surface area contributed by atoms with Gasteiger partial charge in [0.05, 0.1) is 11.4 Å². The Kier molecular flexibility index (Phi) is 5.16. The van der Waals surface area contributed by atoms with E-state index in [0.717, 1.165) is 27.8 Å². The Hall–Kier alpha value is -3.41. The number of fused-ring (bicyclic) bond motifs is 1. The lowest BCUT2D eigenvalue weighted by Crippen LogP contribution is -2.28. The number of pyridine rings is 1. The van der Waals surface area contributed by atoms with Crippen molar-refractivity contribution in [3.63, 3.8) is 0 Å². The fraction of sp³-hybridized carbons (Fsp3) is 0.292. The standard InChI is InChI=1S/C24H25N3O3/c1-4-19-15(3)20-10-7-17(12-21(20)26-24(19)30)25-23(29)16-11-22(28)27(13-16)18-8-5-14(2)6-9-18/h5-10,12,16H,4,11,13H2,1-3H3,(H,25,29)(H,26,30). The van der Waals surface area contributed by atoms with Gasteiger partial charge in [0.15, 0.2) is 0 Å². The molecule has 2 heterocycles. The van der Waals surface area contributed by atoms with Gasteiger partial charge in [0, 0.05) is 35.3 Å². The fourth-order valence-electron chi connectivity index (χ4n) is 4.11. The van der Waals surface area contributed by atoms with Crippen LogP contribution in [0.1, 0.15) is 30.0 Å². The second-order valence-electron chi connectivity index (χ2n) is 7.90. The van der Waals surface area contributed by atoms with Gasteiger partial charge in [-0.15, -0.1) is 0 Å². The van der Waals surface area contributed by atoms with E-state index in [4.69, 9.17) is 0 Å². The Labute approximate surface area is 174 Å². The first-order chi connectivity index (χ1) is 14.4. The average Bonchev–Trinajstić information content (AvgIpc) is 3.10. The summed E-state index contributed by atoms with van der Waals surface area (Å²) in [5.41, 5.74) is 4.87. The van der Waals surface area contributed by atoms with Crippen molar-refractivity contribution in [1.29, 1.82) is 0 Å². The van der Waals surface area contributed by atoms with Crippen LogP contribution in [-0.4, -0.2) is 23.3 Å². The molecule has 30 heavy (non-hydrogen) atoms. The smallest absolute Gasteiger partial charge is 0.251 e. The highest BCUT2D eigenvalue weighted by Crippen LogP contribution is 2.27. The summed E-state index contributed by atoms with van der Waals surface area (Å²) in [6.45, 7) is 6.25. The third-order valence-electron chi connectivity index (χ3n) is 5.86. The van der Waals surface area contributed by atoms with Crippen molar-refractivity contribution < 1.29 is 9.59 Å². The lowest BCUT2D eigenvalue weighted by atomic mass is 10.0. The number of rotatable bonds is 4. The summed E-state index contributed by atoms with van der Waals surface area (Å²) < 4.78 is 0. The van der Waals surface area contributed by atoms with Gasteiger partial charge >= 0.3 is 0 Å². The maximum Gasteiger partial charge on any atom is 0.251 e. The number of carbonyl (C=O) groups is 2. The number of nitrogens with one attached hydrogen (secondary N) is 2. The predicted molar refractivity (Wildman–Crippen MR) is 119 cm³/mol. The Balaban J connectivity index is 1.52. The number of anilines is 2. The second-order valence-corrected chi connectivity index (χ2v) is 7.90. The summed E-state index contributed by atoms with van der Waals surface area (Å²) in [5.74, 6) is -0.663. The molecule has 0 aliphatic carbocycles. The zero-order valence-electron chi connectivity index (χ0n) is 17.4. The Bertz CT molecular complexity index is 1190. The molecule has 6 nitrogen and oxygen atoms in total. The van der Waals surface area contributed by atoms with Crippen molar-refractivity contribution in [3.8, 4) is 0 Å². The fourth-order valence-corrected chi connectivity index (χ4v) is 4.11. The molecule has 0 radical (unpaired) electrons. The predicted octanol–water partition coefficient (Wildman–Crippen LogP) is 3.70. The number of aromatic amines is 1. The van der Waals surface area contributed by atoms with E-state index in [1.165, 1.54) is 0 Å². The molecule has 1 aromatic heterocycles. The molecule has 6 heteroatoms. The number of hydrogen-bond acceptors (Lipinski definition) is 3. The molecule has 2 amide bonds. The van der Waals surface area contributed by atoms with Gasteiger partial charge in [-0.05, 0) is 50.1 Å². The van der Waals surface area contributed by atoms with Crippen LogP contribution in [0.25, 0.3) is 10.9 Å². The number of carbonyl (C=O) groups excluding carboxylic acids is 2. The van der Waals surface area contributed by atoms with E-state index in [0.29, 0.717) is 24.2 Å². The molecule has 1 unspecified atom stereocenters. The molecule has 1 aliphatic heterocycles.